The second-order valence-corrected chi connectivity index (χ2v) is 5.22. The molecule has 3 aromatic rings. The number of rotatable bonds is 4. The summed E-state index contributed by atoms with van der Waals surface area (Å²) in [5.74, 6) is -0.684. The van der Waals surface area contributed by atoms with E-state index in [1.54, 1.807) is 28.7 Å². The van der Waals surface area contributed by atoms with E-state index in [2.05, 4.69) is 10.3 Å². The number of aromatic nitrogens is 2. The Bertz CT molecular complexity index is 888. The molecule has 0 aliphatic carbocycles. The summed E-state index contributed by atoms with van der Waals surface area (Å²) in [6.45, 7) is 0.122. The van der Waals surface area contributed by atoms with Gasteiger partial charge in [0.1, 0.15) is 11.5 Å². The Morgan fingerprint density at radius 3 is 2.87 bits per heavy atom. The van der Waals surface area contributed by atoms with Gasteiger partial charge in [-0.05, 0) is 24.3 Å². The van der Waals surface area contributed by atoms with Crippen molar-refractivity contribution in [2.45, 2.75) is 6.54 Å². The second-order valence-electron chi connectivity index (χ2n) is 4.86. The van der Waals surface area contributed by atoms with Gasteiger partial charge in [0.15, 0.2) is 5.15 Å². The Hall–Kier alpha value is -2.66. The molecule has 0 radical (unpaired) electrons. The summed E-state index contributed by atoms with van der Waals surface area (Å²) in [5.41, 5.74) is 1.74. The van der Waals surface area contributed by atoms with Crippen molar-refractivity contribution in [1.29, 1.82) is 0 Å². The highest BCUT2D eigenvalue weighted by Gasteiger charge is 2.07. The lowest BCUT2D eigenvalue weighted by Crippen LogP contribution is -2.20. The van der Waals surface area contributed by atoms with Gasteiger partial charge >= 0.3 is 0 Å². The molecule has 0 bridgehead atoms. The first-order valence-electron chi connectivity index (χ1n) is 6.97. The third-order valence-corrected chi connectivity index (χ3v) is 3.60. The molecule has 23 heavy (non-hydrogen) atoms. The van der Waals surface area contributed by atoms with Gasteiger partial charge in [0.05, 0.1) is 5.69 Å². The molecule has 116 valence electrons. The maximum absolute atomic E-state index is 13.5. The summed E-state index contributed by atoms with van der Waals surface area (Å²) < 4.78 is 15.3. The van der Waals surface area contributed by atoms with Crippen LogP contribution in [0.25, 0.3) is 11.7 Å². The van der Waals surface area contributed by atoms with E-state index >= 15 is 0 Å². The number of imidazole rings is 1. The first-order chi connectivity index (χ1) is 11.1. The number of carbonyl (C=O) groups is 1. The van der Waals surface area contributed by atoms with E-state index in [-0.39, 0.29) is 18.3 Å². The smallest absolute Gasteiger partial charge is 0.244 e. The monoisotopic (exact) mass is 329 g/mol. The molecule has 2 aromatic heterocycles. The van der Waals surface area contributed by atoms with Gasteiger partial charge in [-0.1, -0.05) is 35.9 Å². The zero-order valence-electron chi connectivity index (χ0n) is 12.0. The first kappa shape index (κ1) is 15.2. The molecule has 6 heteroatoms. The molecule has 1 N–H and O–H groups in total. The van der Waals surface area contributed by atoms with E-state index < -0.39 is 0 Å². The lowest BCUT2D eigenvalue weighted by Gasteiger charge is -2.03. The van der Waals surface area contributed by atoms with E-state index in [1.807, 2.05) is 24.4 Å². The average Bonchev–Trinajstić information content (AvgIpc) is 2.87. The van der Waals surface area contributed by atoms with E-state index in [4.69, 9.17) is 11.6 Å². The van der Waals surface area contributed by atoms with Crippen molar-refractivity contribution in [2.24, 2.45) is 0 Å². The van der Waals surface area contributed by atoms with Gasteiger partial charge < -0.3 is 5.32 Å². The van der Waals surface area contributed by atoms with Crippen LogP contribution in [0.5, 0.6) is 0 Å². The van der Waals surface area contributed by atoms with Crippen LogP contribution in [0.4, 0.5) is 4.39 Å². The number of amides is 1. The van der Waals surface area contributed by atoms with Crippen molar-refractivity contribution in [3.05, 3.63) is 77.0 Å². The molecule has 1 amide bonds. The topological polar surface area (TPSA) is 46.4 Å². The molecule has 0 saturated carbocycles. The largest absolute Gasteiger partial charge is 0.348 e. The Balaban J connectivity index is 1.71. The normalized spacial score (nSPS) is 11.2. The van der Waals surface area contributed by atoms with Crippen LogP contribution in [0.15, 0.2) is 54.7 Å². The number of hydrogen-bond acceptors (Lipinski definition) is 2. The molecule has 0 unspecified atom stereocenters. The predicted molar refractivity (Wildman–Crippen MR) is 87.5 cm³/mol. The SMILES string of the molecule is O=C(/C=C/c1c(Cl)nc2ccccn12)NCc1ccccc1F. The minimum absolute atomic E-state index is 0.122. The summed E-state index contributed by atoms with van der Waals surface area (Å²) in [4.78, 5) is 16.1. The summed E-state index contributed by atoms with van der Waals surface area (Å²) in [7, 11) is 0. The molecule has 3 rings (SSSR count). The molecule has 0 spiro atoms. The fraction of sp³-hybridized carbons (Fsp3) is 0.0588. The number of halogens is 2. The summed E-state index contributed by atoms with van der Waals surface area (Å²) in [5, 5.41) is 2.95. The van der Waals surface area contributed by atoms with Crippen LogP contribution < -0.4 is 5.32 Å². The summed E-state index contributed by atoms with van der Waals surface area (Å²) in [6.07, 6.45) is 4.74. The molecule has 0 atom stereocenters. The van der Waals surface area contributed by atoms with Gasteiger partial charge in [-0.2, -0.15) is 0 Å². The molecule has 0 fully saturated rings. The Labute approximate surface area is 137 Å². The van der Waals surface area contributed by atoms with E-state index in [9.17, 15) is 9.18 Å². The fourth-order valence-electron chi connectivity index (χ4n) is 2.17. The Morgan fingerprint density at radius 2 is 2.04 bits per heavy atom. The highest BCUT2D eigenvalue weighted by molar-refractivity contribution is 6.31. The molecular formula is C17H13ClFN3O. The number of nitrogens with one attached hydrogen (secondary N) is 1. The predicted octanol–water partition coefficient (Wildman–Crippen LogP) is 3.46. The highest BCUT2D eigenvalue weighted by atomic mass is 35.5. The lowest BCUT2D eigenvalue weighted by atomic mass is 10.2. The molecule has 0 aliphatic heterocycles. The van der Waals surface area contributed by atoms with Crippen molar-refractivity contribution in [3.63, 3.8) is 0 Å². The maximum Gasteiger partial charge on any atom is 0.244 e. The molecule has 0 aliphatic rings. The van der Waals surface area contributed by atoms with Crippen molar-refractivity contribution in [1.82, 2.24) is 14.7 Å². The zero-order valence-corrected chi connectivity index (χ0v) is 12.8. The minimum Gasteiger partial charge on any atom is -0.348 e. The van der Waals surface area contributed by atoms with Crippen molar-refractivity contribution in [3.8, 4) is 0 Å². The van der Waals surface area contributed by atoms with Gasteiger partial charge in [-0.25, -0.2) is 9.37 Å². The van der Waals surface area contributed by atoms with Crippen molar-refractivity contribution < 1.29 is 9.18 Å². The third kappa shape index (κ3) is 3.40. The van der Waals surface area contributed by atoms with Crippen LogP contribution in [0.1, 0.15) is 11.3 Å². The number of fused-ring (bicyclic) bond motifs is 1. The van der Waals surface area contributed by atoms with Crippen LogP contribution in [-0.4, -0.2) is 15.3 Å². The standard InChI is InChI=1S/C17H13ClFN3O/c18-17-14(22-10-4-3-7-15(22)21-17)8-9-16(23)20-11-12-5-1-2-6-13(12)19/h1-10H,11H2,(H,20,23)/b9-8+. The van der Waals surface area contributed by atoms with Gasteiger partial charge in [0.2, 0.25) is 5.91 Å². The van der Waals surface area contributed by atoms with Crippen LogP contribution in [0, 0.1) is 5.82 Å². The third-order valence-electron chi connectivity index (χ3n) is 3.33. The van der Waals surface area contributed by atoms with E-state index in [1.165, 1.54) is 12.1 Å². The summed E-state index contributed by atoms with van der Waals surface area (Å²) >= 11 is 6.08. The lowest BCUT2D eigenvalue weighted by molar-refractivity contribution is -0.116. The fourth-order valence-corrected chi connectivity index (χ4v) is 2.41. The number of pyridine rings is 1. The summed E-state index contributed by atoms with van der Waals surface area (Å²) in [6, 6.07) is 11.8. The number of carbonyl (C=O) groups excluding carboxylic acids is 1. The minimum atomic E-state index is -0.346. The highest BCUT2D eigenvalue weighted by Crippen LogP contribution is 2.18. The molecule has 4 nitrogen and oxygen atoms in total. The van der Waals surface area contributed by atoms with Gasteiger partial charge in [-0.3, -0.25) is 9.20 Å². The van der Waals surface area contributed by atoms with Crippen LogP contribution in [-0.2, 0) is 11.3 Å². The first-order valence-corrected chi connectivity index (χ1v) is 7.35. The van der Waals surface area contributed by atoms with Crippen LogP contribution >= 0.6 is 11.6 Å². The van der Waals surface area contributed by atoms with Crippen molar-refractivity contribution in [2.75, 3.05) is 0 Å². The van der Waals surface area contributed by atoms with Crippen LogP contribution in [0.2, 0.25) is 5.15 Å². The van der Waals surface area contributed by atoms with Gasteiger partial charge in [0.25, 0.3) is 0 Å². The van der Waals surface area contributed by atoms with Gasteiger partial charge in [-0.15, -0.1) is 0 Å². The Morgan fingerprint density at radius 1 is 1.26 bits per heavy atom. The molecule has 1 aromatic carbocycles. The number of benzene rings is 1. The second kappa shape index (κ2) is 6.62. The van der Waals surface area contributed by atoms with E-state index in [0.29, 0.717) is 22.1 Å². The molecule has 2 heterocycles. The zero-order chi connectivity index (χ0) is 16.2. The average molecular weight is 330 g/mol. The number of hydrogen-bond donors (Lipinski definition) is 1. The molecular weight excluding hydrogens is 317 g/mol. The van der Waals surface area contributed by atoms with E-state index in [0.717, 1.165) is 0 Å². The van der Waals surface area contributed by atoms with Crippen molar-refractivity contribution >= 4 is 29.2 Å². The maximum atomic E-state index is 13.5. The molecule has 0 saturated heterocycles. The van der Waals surface area contributed by atoms with Gasteiger partial charge in [0, 0.05) is 24.4 Å². The quantitative estimate of drug-likeness (QED) is 0.745. The Kier molecular flexibility index (Phi) is 4.39. The van der Waals surface area contributed by atoms with Crippen LogP contribution in [0.3, 0.4) is 0 Å². The number of nitrogens with zero attached hydrogens (tertiary/aromatic N) is 2.